The van der Waals surface area contributed by atoms with Gasteiger partial charge in [-0.25, -0.2) is 0 Å². The van der Waals surface area contributed by atoms with Gasteiger partial charge in [0.05, 0.1) is 19.6 Å². The fourth-order valence-corrected chi connectivity index (χ4v) is 1.86. The maximum atomic E-state index is 11.8. The molecule has 1 aliphatic heterocycles. The van der Waals surface area contributed by atoms with E-state index in [9.17, 15) is 4.79 Å². The number of hydrogen-bond donors (Lipinski definition) is 0. The molecule has 15 heavy (non-hydrogen) atoms. The molecular weight excluding hydrogens is 260 g/mol. The number of hydrogen-bond acceptors (Lipinski definition) is 3. The second-order valence-corrected chi connectivity index (χ2v) is 4.22. The lowest BCUT2D eigenvalue weighted by Crippen LogP contribution is -2.14. The van der Waals surface area contributed by atoms with E-state index in [4.69, 9.17) is 9.47 Å². The highest BCUT2D eigenvalue weighted by atomic mass is 79.9. The van der Waals surface area contributed by atoms with E-state index in [1.807, 2.05) is 12.1 Å². The lowest BCUT2D eigenvalue weighted by atomic mass is 10.1. The first-order valence-electron chi connectivity index (χ1n) is 4.78. The van der Waals surface area contributed by atoms with Gasteiger partial charge in [0.25, 0.3) is 0 Å². The van der Waals surface area contributed by atoms with Crippen molar-refractivity contribution >= 4 is 21.7 Å². The van der Waals surface area contributed by atoms with Crippen molar-refractivity contribution in [2.45, 2.75) is 12.7 Å². The highest BCUT2D eigenvalue weighted by Crippen LogP contribution is 2.16. The Morgan fingerprint density at radius 1 is 1.40 bits per heavy atom. The largest absolute Gasteiger partial charge is 0.350 e. The van der Waals surface area contributed by atoms with Gasteiger partial charge >= 0.3 is 0 Å². The van der Waals surface area contributed by atoms with Gasteiger partial charge in [-0.2, -0.15) is 0 Å². The Labute approximate surface area is 96.5 Å². The number of carbonyl (C=O) groups excluding carboxylic acids is 1. The fraction of sp³-hybridized carbons (Fsp3) is 0.364. The van der Waals surface area contributed by atoms with Crippen molar-refractivity contribution in [3.8, 4) is 0 Å². The van der Waals surface area contributed by atoms with Crippen LogP contribution in [0.5, 0.6) is 0 Å². The Balaban J connectivity index is 2.01. The molecule has 0 atom stereocenters. The summed E-state index contributed by atoms with van der Waals surface area (Å²) in [5, 5.41) is 0. The van der Waals surface area contributed by atoms with E-state index >= 15 is 0 Å². The van der Waals surface area contributed by atoms with Crippen molar-refractivity contribution in [1.29, 1.82) is 0 Å². The maximum Gasteiger partial charge on any atom is 0.167 e. The second kappa shape index (κ2) is 4.88. The minimum absolute atomic E-state index is 0.0446. The van der Waals surface area contributed by atoms with Crippen LogP contribution in [-0.4, -0.2) is 25.3 Å². The molecule has 1 aromatic rings. The molecular formula is C11H11BrO3. The summed E-state index contributed by atoms with van der Waals surface area (Å²) < 4.78 is 11.3. The Hall–Kier alpha value is -0.710. The minimum Gasteiger partial charge on any atom is -0.350 e. The highest BCUT2D eigenvalue weighted by Gasteiger charge is 2.20. The molecule has 0 unspecified atom stereocenters. The van der Waals surface area contributed by atoms with Gasteiger partial charge in [-0.05, 0) is 12.1 Å². The molecule has 1 aromatic carbocycles. The van der Waals surface area contributed by atoms with Crippen molar-refractivity contribution in [2.24, 2.45) is 0 Å². The van der Waals surface area contributed by atoms with E-state index in [-0.39, 0.29) is 18.5 Å². The topological polar surface area (TPSA) is 35.5 Å². The van der Waals surface area contributed by atoms with Crippen molar-refractivity contribution in [1.82, 2.24) is 0 Å². The number of benzene rings is 1. The Morgan fingerprint density at radius 3 is 2.80 bits per heavy atom. The zero-order chi connectivity index (χ0) is 10.7. The van der Waals surface area contributed by atoms with Crippen LogP contribution in [0.1, 0.15) is 16.8 Å². The summed E-state index contributed by atoms with van der Waals surface area (Å²) in [4.78, 5) is 11.8. The molecule has 1 aliphatic rings. The summed E-state index contributed by atoms with van der Waals surface area (Å²) >= 11 is 3.33. The first kappa shape index (κ1) is 10.8. The van der Waals surface area contributed by atoms with Crippen LogP contribution in [0.15, 0.2) is 28.7 Å². The van der Waals surface area contributed by atoms with Crippen LogP contribution in [0.25, 0.3) is 0 Å². The van der Waals surface area contributed by atoms with E-state index in [2.05, 4.69) is 15.9 Å². The zero-order valence-corrected chi connectivity index (χ0v) is 9.70. The third-order valence-corrected chi connectivity index (χ3v) is 2.68. The van der Waals surface area contributed by atoms with Gasteiger partial charge in [0.2, 0.25) is 0 Å². The number of ether oxygens (including phenoxy) is 2. The highest BCUT2D eigenvalue weighted by molar-refractivity contribution is 9.10. The normalized spacial score (nSPS) is 16.9. The molecule has 0 radical (unpaired) electrons. The van der Waals surface area contributed by atoms with E-state index in [0.29, 0.717) is 18.8 Å². The van der Waals surface area contributed by atoms with Gasteiger partial charge in [-0.3, -0.25) is 4.79 Å². The van der Waals surface area contributed by atoms with E-state index in [1.54, 1.807) is 12.1 Å². The lowest BCUT2D eigenvalue weighted by molar-refractivity contribution is -0.0407. The fourth-order valence-electron chi connectivity index (χ4n) is 1.46. The van der Waals surface area contributed by atoms with Crippen LogP contribution in [-0.2, 0) is 9.47 Å². The van der Waals surface area contributed by atoms with Gasteiger partial charge < -0.3 is 9.47 Å². The molecule has 2 rings (SSSR count). The van der Waals surface area contributed by atoms with Crippen molar-refractivity contribution in [2.75, 3.05) is 13.2 Å². The maximum absolute atomic E-state index is 11.8. The summed E-state index contributed by atoms with van der Waals surface area (Å²) in [7, 11) is 0. The molecule has 0 N–H and O–H groups in total. The van der Waals surface area contributed by atoms with Crippen LogP contribution in [0, 0.1) is 0 Å². The third-order valence-electron chi connectivity index (χ3n) is 2.19. The van der Waals surface area contributed by atoms with Crippen LogP contribution < -0.4 is 0 Å². The third kappa shape index (κ3) is 2.87. The second-order valence-electron chi connectivity index (χ2n) is 3.31. The van der Waals surface area contributed by atoms with Gasteiger partial charge in [0.1, 0.15) is 0 Å². The summed E-state index contributed by atoms with van der Waals surface area (Å²) in [6.07, 6.45) is -0.0762. The number of Topliss-reactive ketones (excluding diaryl/α,β-unsaturated/α-hetero) is 1. The van der Waals surface area contributed by atoms with E-state index in [1.165, 1.54) is 0 Å². The van der Waals surface area contributed by atoms with Crippen molar-refractivity contribution in [3.63, 3.8) is 0 Å². The van der Waals surface area contributed by atoms with Gasteiger partial charge in [-0.1, -0.05) is 28.1 Å². The number of rotatable bonds is 3. The molecule has 0 saturated carbocycles. The first-order valence-corrected chi connectivity index (χ1v) is 5.57. The molecule has 4 heteroatoms. The van der Waals surface area contributed by atoms with Crippen LogP contribution >= 0.6 is 15.9 Å². The molecule has 0 spiro atoms. The number of ketones is 1. The zero-order valence-electron chi connectivity index (χ0n) is 8.11. The summed E-state index contributed by atoms with van der Waals surface area (Å²) in [5.41, 5.74) is 0.684. The lowest BCUT2D eigenvalue weighted by Gasteiger charge is -2.07. The Kier molecular flexibility index (Phi) is 3.51. The monoisotopic (exact) mass is 270 g/mol. The molecule has 80 valence electrons. The van der Waals surface area contributed by atoms with E-state index < -0.39 is 0 Å². The summed E-state index contributed by atoms with van der Waals surface area (Å²) in [5.74, 6) is 0.0446. The van der Waals surface area contributed by atoms with Crippen LogP contribution in [0.4, 0.5) is 0 Å². The predicted octanol–water partition coefficient (Wildman–Crippen LogP) is 2.39. The minimum atomic E-state index is -0.364. The van der Waals surface area contributed by atoms with Gasteiger partial charge in [0.15, 0.2) is 12.1 Å². The van der Waals surface area contributed by atoms with Gasteiger partial charge in [-0.15, -0.1) is 0 Å². The molecule has 0 aromatic heterocycles. The van der Waals surface area contributed by atoms with Crippen LogP contribution in [0.3, 0.4) is 0 Å². The van der Waals surface area contributed by atoms with Crippen LogP contribution in [0.2, 0.25) is 0 Å². The quantitative estimate of drug-likeness (QED) is 0.792. The molecule has 1 heterocycles. The Bertz CT molecular complexity index is 359. The summed E-state index contributed by atoms with van der Waals surface area (Å²) in [6, 6.07) is 7.33. The van der Waals surface area contributed by atoms with E-state index in [0.717, 1.165) is 4.47 Å². The molecule has 0 bridgehead atoms. The molecule has 1 saturated heterocycles. The standard InChI is InChI=1S/C11H11BrO3/c12-9-3-1-2-8(6-9)10(13)7-11-14-4-5-15-11/h1-3,6,11H,4-5,7H2. The first-order chi connectivity index (χ1) is 7.25. The Morgan fingerprint density at radius 2 is 2.13 bits per heavy atom. The van der Waals surface area contributed by atoms with Gasteiger partial charge in [0, 0.05) is 10.0 Å². The average Bonchev–Trinajstić information content (AvgIpc) is 2.70. The average molecular weight is 271 g/mol. The molecule has 0 amide bonds. The molecule has 3 nitrogen and oxygen atoms in total. The molecule has 0 aliphatic carbocycles. The SMILES string of the molecule is O=C(CC1OCCO1)c1cccc(Br)c1. The smallest absolute Gasteiger partial charge is 0.167 e. The van der Waals surface area contributed by atoms with Crippen molar-refractivity contribution in [3.05, 3.63) is 34.3 Å². The number of halogens is 1. The van der Waals surface area contributed by atoms with Crippen molar-refractivity contribution < 1.29 is 14.3 Å². The number of carbonyl (C=O) groups is 1. The predicted molar refractivity (Wildman–Crippen MR) is 58.8 cm³/mol. The summed E-state index contributed by atoms with van der Waals surface area (Å²) in [6.45, 7) is 1.16. The molecule has 1 fully saturated rings.